The zero-order chi connectivity index (χ0) is 19.9. The predicted octanol–water partition coefficient (Wildman–Crippen LogP) is 4.70. The Labute approximate surface area is 168 Å². The molecule has 0 bridgehead atoms. The number of carbonyl (C=O) groups excluding carboxylic acids is 2. The Balaban J connectivity index is 1.97. The molecule has 3 rings (SSSR count). The number of ether oxygens (including phenoxy) is 1. The lowest BCUT2D eigenvalue weighted by Gasteiger charge is -2.10. The van der Waals surface area contributed by atoms with Gasteiger partial charge in [0, 0.05) is 12.3 Å². The summed E-state index contributed by atoms with van der Waals surface area (Å²) in [6.07, 6.45) is 2.72. The van der Waals surface area contributed by atoms with E-state index < -0.39 is 5.97 Å². The molecule has 146 valence electrons. The third-order valence-corrected chi connectivity index (χ3v) is 4.52. The van der Waals surface area contributed by atoms with Gasteiger partial charge in [-0.1, -0.05) is 25.5 Å². The minimum atomic E-state index is -0.404. The largest absolute Gasteiger partial charge is 0.462 e. The van der Waals surface area contributed by atoms with Crippen LogP contribution in [0.3, 0.4) is 0 Å². The first-order chi connectivity index (χ1) is 13.6. The van der Waals surface area contributed by atoms with Crippen LogP contribution in [0.15, 0.2) is 36.4 Å². The van der Waals surface area contributed by atoms with E-state index in [0.717, 1.165) is 12.8 Å². The average Bonchev–Trinajstić information content (AvgIpc) is 2.70. The highest BCUT2D eigenvalue weighted by atomic mass is 35.5. The van der Waals surface area contributed by atoms with Gasteiger partial charge in [0.1, 0.15) is 11.0 Å². The number of amides is 1. The Morgan fingerprint density at radius 3 is 2.50 bits per heavy atom. The third-order valence-electron chi connectivity index (χ3n) is 4.26. The zero-order valence-electron chi connectivity index (χ0n) is 15.7. The van der Waals surface area contributed by atoms with Crippen LogP contribution in [-0.2, 0) is 9.53 Å². The maximum absolute atomic E-state index is 12.4. The van der Waals surface area contributed by atoms with Crippen molar-refractivity contribution >= 4 is 51.2 Å². The Hall–Kier alpha value is -2.73. The van der Waals surface area contributed by atoms with Gasteiger partial charge in [-0.2, -0.15) is 0 Å². The van der Waals surface area contributed by atoms with E-state index in [1.807, 2.05) is 6.92 Å². The Bertz CT molecular complexity index is 1010. The average molecular weight is 400 g/mol. The maximum Gasteiger partial charge on any atom is 0.340 e. The summed E-state index contributed by atoms with van der Waals surface area (Å²) in [4.78, 5) is 33.8. The van der Waals surface area contributed by atoms with E-state index in [1.165, 1.54) is 0 Å². The molecule has 0 atom stereocenters. The highest BCUT2D eigenvalue weighted by molar-refractivity contribution is 6.18. The number of rotatable bonds is 8. The van der Waals surface area contributed by atoms with Crippen molar-refractivity contribution in [2.75, 3.05) is 17.8 Å². The molecule has 0 radical (unpaired) electrons. The topological polar surface area (TPSA) is 81.2 Å². The predicted molar refractivity (Wildman–Crippen MR) is 111 cm³/mol. The van der Waals surface area contributed by atoms with Gasteiger partial charge in [0.25, 0.3) is 0 Å². The number of halogens is 1. The lowest BCUT2D eigenvalue weighted by atomic mass is 10.1. The lowest BCUT2D eigenvalue weighted by Crippen LogP contribution is -2.12. The molecule has 2 aromatic carbocycles. The summed E-state index contributed by atoms with van der Waals surface area (Å²) < 4.78 is 5.33. The summed E-state index contributed by atoms with van der Waals surface area (Å²) in [5.74, 6) is -0.0913. The summed E-state index contributed by atoms with van der Waals surface area (Å²) in [7, 11) is 0. The lowest BCUT2D eigenvalue weighted by molar-refractivity contribution is -0.116. The van der Waals surface area contributed by atoms with Gasteiger partial charge >= 0.3 is 5.97 Å². The highest BCUT2D eigenvalue weighted by Gasteiger charge is 2.15. The van der Waals surface area contributed by atoms with Crippen LogP contribution in [0.1, 0.15) is 43.0 Å². The van der Waals surface area contributed by atoms with Crippen LogP contribution >= 0.6 is 11.6 Å². The number of unbranched alkanes of at least 4 members (excludes halogenated alkanes) is 1. The first-order valence-corrected chi connectivity index (χ1v) is 9.90. The van der Waals surface area contributed by atoms with E-state index in [4.69, 9.17) is 16.3 Å². The van der Waals surface area contributed by atoms with Gasteiger partial charge in [0.2, 0.25) is 5.91 Å². The second kappa shape index (κ2) is 9.46. The van der Waals surface area contributed by atoms with Crippen LogP contribution in [0.5, 0.6) is 0 Å². The smallest absolute Gasteiger partial charge is 0.340 e. The van der Waals surface area contributed by atoms with Gasteiger partial charge in [-0.25, -0.2) is 14.8 Å². The first kappa shape index (κ1) is 20.0. The number of nitrogens with one attached hydrogen (secondary N) is 1. The molecular weight excluding hydrogens is 378 g/mol. The van der Waals surface area contributed by atoms with Crippen LogP contribution in [0.4, 0.5) is 5.69 Å². The van der Waals surface area contributed by atoms with Crippen molar-refractivity contribution in [2.24, 2.45) is 0 Å². The minimum absolute atomic E-state index is 0.122. The van der Waals surface area contributed by atoms with Gasteiger partial charge < -0.3 is 10.1 Å². The summed E-state index contributed by atoms with van der Waals surface area (Å²) in [6, 6.07) is 10.6. The van der Waals surface area contributed by atoms with E-state index in [-0.39, 0.29) is 5.91 Å². The molecule has 3 aromatic rings. The van der Waals surface area contributed by atoms with E-state index in [9.17, 15) is 9.59 Å². The van der Waals surface area contributed by atoms with Gasteiger partial charge in [-0.3, -0.25) is 4.79 Å². The van der Waals surface area contributed by atoms with Crippen molar-refractivity contribution in [1.82, 2.24) is 9.97 Å². The highest BCUT2D eigenvalue weighted by Crippen LogP contribution is 2.25. The molecule has 1 N–H and O–H groups in total. The Morgan fingerprint density at radius 2 is 1.75 bits per heavy atom. The normalized spacial score (nSPS) is 10.9. The fraction of sp³-hybridized carbons (Fsp3) is 0.333. The zero-order valence-corrected chi connectivity index (χ0v) is 16.5. The molecule has 0 fully saturated rings. The van der Waals surface area contributed by atoms with Crippen molar-refractivity contribution in [3.05, 3.63) is 42.0 Å². The molecule has 0 spiro atoms. The molecular formula is C21H22ClN3O3. The molecule has 28 heavy (non-hydrogen) atoms. The van der Waals surface area contributed by atoms with Gasteiger partial charge in [0.15, 0.2) is 0 Å². The molecule has 0 unspecified atom stereocenters. The number of fused-ring (bicyclic) bond motifs is 2. The number of benzene rings is 2. The molecule has 1 heterocycles. The molecule has 1 amide bonds. The third kappa shape index (κ3) is 4.57. The van der Waals surface area contributed by atoms with Gasteiger partial charge in [-0.15, -0.1) is 11.6 Å². The summed E-state index contributed by atoms with van der Waals surface area (Å²) >= 11 is 5.65. The van der Waals surface area contributed by atoms with E-state index in [0.29, 0.717) is 58.6 Å². The molecule has 0 saturated carbocycles. The van der Waals surface area contributed by atoms with E-state index >= 15 is 0 Å². The Morgan fingerprint density at radius 1 is 1.04 bits per heavy atom. The Kier molecular flexibility index (Phi) is 6.76. The summed E-state index contributed by atoms with van der Waals surface area (Å²) in [5, 5.41) is 2.86. The number of nitrogens with zero attached hydrogens (tertiary/aromatic N) is 2. The number of carbonyl (C=O) groups is 2. The van der Waals surface area contributed by atoms with E-state index in [2.05, 4.69) is 15.3 Å². The van der Waals surface area contributed by atoms with Crippen molar-refractivity contribution in [1.29, 1.82) is 0 Å². The summed E-state index contributed by atoms with van der Waals surface area (Å²) in [5.41, 5.74) is 3.20. The number of para-hydroxylation sites is 2. The van der Waals surface area contributed by atoms with Crippen molar-refractivity contribution in [3.63, 3.8) is 0 Å². The van der Waals surface area contributed by atoms with Crippen molar-refractivity contribution in [3.8, 4) is 0 Å². The number of esters is 1. The molecule has 0 saturated heterocycles. The molecule has 6 nitrogen and oxygen atoms in total. The van der Waals surface area contributed by atoms with Gasteiger partial charge in [-0.05, 0) is 37.1 Å². The quantitative estimate of drug-likeness (QED) is 0.257. The molecule has 1 aromatic heterocycles. The molecule has 0 aliphatic carbocycles. The fourth-order valence-corrected chi connectivity index (χ4v) is 2.95. The maximum atomic E-state index is 12.4. The summed E-state index contributed by atoms with van der Waals surface area (Å²) in [6.45, 7) is 2.42. The van der Waals surface area contributed by atoms with Crippen LogP contribution in [-0.4, -0.2) is 34.3 Å². The number of anilines is 1. The number of hydrogen-bond acceptors (Lipinski definition) is 5. The molecule has 7 heteroatoms. The number of aromatic nitrogens is 2. The second-order valence-corrected chi connectivity index (χ2v) is 6.78. The minimum Gasteiger partial charge on any atom is -0.462 e. The standard InChI is InChI=1S/C21H22ClN3O3/c1-2-3-13-28-21(27)14-7-4-8-15-19(14)24-17-10-5-9-16(20(17)25-15)23-18(26)11-6-12-22/h4-5,7-10H,2-3,6,11-13H2,1H3,(H,23,26). The van der Waals surface area contributed by atoms with Crippen molar-refractivity contribution < 1.29 is 14.3 Å². The van der Waals surface area contributed by atoms with Gasteiger partial charge in [0.05, 0.1) is 28.9 Å². The van der Waals surface area contributed by atoms with Crippen LogP contribution in [0.2, 0.25) is 0 Å². The fourth-order valence-electron chi connectivity index (χ4n) is 2.81. The van der Waals surface area contributed by atoms with Crippen LogP contribution in [0, 0.1) is 0 Å². The van der Waals surface area contributed by atoms with E-state index in [1.54, 1.807) is 36.4 Å². The SMILES string of the molecule is CCCCOC(=O)c1cccc2nc3c(NC(=O)CCCCl)cccc3nc12. The van der Waals surface area contributed by atoms with Crippen LogP contribution < -0.4 is 5.32 Å². The van der Waals surface area contributed by atoms with Crippen LogP contribution in [0.25, 0.3) is 22.1 Å². The second-order valence-electron chi connectivity index (χ2n) is 6.40. The first-order valence-electron chi connectivity index (χ1n) is 9.36. The number of hydrogen-bond donors (Lipinski definition) is 1. The molecule has 0 aliphatic heterocycles. The monoisotopic (exact) mass is 399 g/mol. The number of alkyl halides is 1. The van der Waals surface area contributed by atoms with Crippen molar-refractivity contribution in [2.45, 2.75) is 32.6 Å². The molecule has 0 aliphatic rings.